The van der Waals surface area contributed by atoms with Crippen LogP contribution in [0.2, 0.25) is 0 Å². The summed E-state index contributed by atoms with van der Waals surface area (Å²) in [5.41, 5.74) is 0.976. The van der Waals surface area contributed by atoms with Gasteiger partial charge in [-0.3, -0.25) is 0 Å². The molecule has 5 heteroatoms. The molecule has 0 spiro atoms. The molecule has 0 aliphatic rings. The van der Waals surface area contributed by atoms with E-state index in [9.17, 15) is 9.90 Å². The number of hydrogen-bond donors (Lipinski definition) is 1. The van der Waals surface area contributed by atoms with Crippen LogP contribution in [-0.4, -0.2) is 37.2 Å². The van der Waals surface area contributed by atoms with Crippen molar-refractivity contribution >= 4 is 11.5 Å². The van der Waals surface area contributed by atoms with Crippen LogP contribution in [0.4, 0.5) is 0 Å². The van der Waals surface area contributed by atoms with Crippen molar-refractivity contribution in [2.75, 3.05) is 21.2 Å². The van der Waals surface area contributed by atoms with Crippen molar-refractivity contribution in [3.8, 4) is 11.8 Å². The fourth-order valence-corrected chi connectivity index (χ4v) is 1.48. The van der Waals surface area contributed by atoms with Crippen molar-refractivity contribution in [2.24, 2.45) is 0 Å². The Kier molecular flexibility index (Phi) is 4.33. The van der Waals surface area contributed by atoms with Gasteiger partial charge in [-0.2, -0.15) is 5.26 Å². The van der Waals surface area contributed by atoms with Crippen LogP contribution in [-0.2, 0) is 4.79 Å². The zero-order valence-corrected chi connectivity index (χ0v) is 10.5. The summed E-state index contributed by atoms with van der Waals surface area (Å²) in [6.07, 6.45) is 1.49. The molecule has 94 valence electrons. The Hall–Kier alpha value is -2.48. The van der Waals surface area contributed by atoms with Crippen LogP contribution in [0.3, 0.4) is 0 Å². The molecule has 0 saturated heterocycles. The van der Waals surface area contributed by atoms with Crippen molar-refractivity contribution in [1.29, 1.82) is 5.26 Å². The van der Waals surface area contributed by atoms with E-state index >= 15 is 0 Å². The summed E-state index contributed by atoms with van der Waals surface area (Å²) in [6, 6.07) is 6.63. The molecule has 1 aromatic carbocycles. The second-order valence-corrected chi connectivity index (χ2v) is 3.84. The van der Waals surface area contributed by atoms with Gasteiger partial charge >= 0.3 is 5.97 Å². The number of ether oxygens (including phenoxy) is 1. The molecule has 0 saturated carbocycles. The maximum absolute atomic E-state index is 11.2. The van der Waals surface area contributed by atoms with E-state index in [1.165, 1.54) is 19.4 Å². The minimum atomic E-state index is -1.05. The molecule has 0 unspecified atom stereocenters. The van der Waals surface area contributed by atoms with Crippen molar-refractivity contribution in [3.63, 3.8) is 0 Å². The third-order valence-corrected chi connectivity index (χ3v) is 2.24. The van der Waals surface area contributed by atoms with E-state index in [2.05, 4.69) is 0 Å². The van der Waals surface area contributed by atoms with Crippen LogP contribution in [0.25, 0.3) is 5.57 Å². The molecule has 1 N–H and O–H groups in total. The third kappa shape index (κ3) is 3.01. The zero-order chi connectivity index (χ0) is 13.7. The quantitative estimate of drug-likeness (QED) is 0.816. The normalized spacial score (nSPS) is 10.7. The first-order valence-corrected chi connectivity index (χ1v) is 5.19. The molecule has 0 aromatic heterocycles. The highest BCUT2D eigenvalue weighted by molar-refractivity contribution is 6.16. The van der Waals surface area contributed by atoms with Crippen molar-refractivity contribution in [2.45, 2.75) is 0 Å². The van der Waals surface area contributed by atoms with Crippen LogP contribution in [0.15, 0.2) is 24.4 Å². The van der Waals surface area contributed by atoms with Gasteiger partial charge in [-0.05, 0) is 18.2 Å². The summed E-state index contributed by atoms with van der Waals surface area (Å²) in [7, 11) is 4.91. The molecule has 0 atom stereocenters. The largest absolute Gasteiger partial charge is 0.496 e. The molecule has 0 bridgehead atoms. The lowest BCUT2D eigenvalue weighted by atomic mass is 10.0. The number of benzene rings is 1. The van der Waals surface area contributed by atoms with Crippen molar-refractivity contribution < 1.29 is 14.6 Å². The average Bonchev–Trinajstić information content (AvgIpc) is 2.34. The average molecular weight is 246 g/mol. The van der Waals surface area contributed by atoms with Gasteiger partial charge in [0.2, 0.25) is 0 Å². The molecule has 5 nitrogen and oxygen atoms in total. The SMILES string of the molecule is COc1cc(C#N)ccc1/C(=C/N(C)C)C(=O)O. The van der Waals surface area contributed by atoms with E-state index in [0.29, 0.717) is 16.9 Å². The fraction of sp³-hybridized carbons (Fsp3) is 0.231. The Morgan fingerprint density at radius 3 is 2.61 bits per heavy atom. The number of nitriles is 1. The van der Waals surface area contributed by atoms with E-state index in [-0.39, 0.29) is 5.57 Å². The van der Waals surface area contributed by atoms with E-state index in [1.807, 2.05) is 6.07 Å². The lowest BCUT2D eigenvalue weighted by molar-refractivity contribution is -0.130. The topological polar surface area (TPSA) is 73.6 Å². The summed E-state index contributed by atoms with van der Waals surface area (Å²) in [5.74, 6) is -0.684. The predicted molar refractivity (Wildman–Crippen MR) is 67.0 cm³/mol. The minimum absolute atomic E-state index is 0.112. The second-order valence-electron chi connectivity index (χ2n) is 3.84. The Morgan fingerprint density at radius 1 is 1.50 bits per heavy atom. The van der Waals surface area contributed by atoms with Crippen LogP contribution in [0, 0.1) is 11.3 Å². The fourth-order valence-electron chi connectivity index (χ4n) is 1.48. The number of hydrogen-bond acceptors (Lipinski definition) is 4. The van der Waals surface area contributed by atoms with Crippen LogP contribution in [0.5, 0.6) is 5.75 Å². The van der Waals surface area contributed by atoms with E-state index in [0.717, 1.165) is 0 Å². The zero-order valence-electron chi connectivity index (χ0n) is 10.5. The summed E-state index contributed by atoms with van der Waals surface area (Å²) in [6.45, 7) is 0. The van der Waals surface area contributed by atoms with Crippen molar-refractivity contribution in [3.05, 3.63) is 35.5 Å². The van der Waals surface area contributed by atoms with Gasteiger partial charge in [0.25, 0.3) is 0 Å². The molecule has 0 fully saturated rings. The van der Waals surface area contributed by atoms with Gasteiger partial charge in [-0.25, -0.2) is 4.79 Å². The van der Waals surface area contributed by atoms with Gasteiger partial charge in [0, 0.05) is 25.9 Å². The molecule has 0 aliphatic heterocycles. The van der Waals surface area contributed by atoms with E-state index in [4.69, 9.17) is 10.00 Å². The maximum atomic E-state index is 11.2. The standard InChI is InChI=1S/C13H14N2O3/c1-15(2)8-11(13(16)17)10-5-4-9(7-14)6-12(10)18-3/h4-6,8H,1-3H3,(H,16,17)/b11-8-. The highest BCUT2D eigenvalue weighted by atomic mass is 16.5. The smallest absolute Gasteiger partial charge is 0.337 e. The highest BCUT2D eigenvalue weighted by Crippen LogP contribution is 2.27. The third-order valence-electron chi connectivity index (χ3n) is 2.24. The molecule has 0 aliphatic carbocycles. The molecular weight excluding hydrogens is 232 g/mol. The van der Waals surface area contributed by atoms with E-state index < -0.39 is 5.97 Å². The first-order chi connectivity index (χ1) is 8.49. The van der Waals surface area contributed by atoms with E-state index in [1.54, 1.807) is 31.1 Å². The van der Waals surface area contributed by atoms with Gasteiger partial charge in [0.1, 0.15) is 5.75 Å². The molecule has 18 heavy (non-hydrogen) atoms. The number of carboxylic acids is 1. The van der Waals surface area contributed by atoms with Crippen molar-refractivity contribution in [1.82, 2.24) is 4.90 Å². The number of carboxylic acid groups (broad SMARTS) is 1. The maximum Gasteiger partial charge on any atom is 0.337 e. The first kappa shape index (κ1) is 13.6. The van der Waals surface area contributed by atoms with Crippen LogP contribution < -0.4 is 4.74 Å². The lowest BCUT2D eigenvalue weighted by Gasteiger charge is -2.12. The van der Waals surface area contributed by atoms with Crippen LogP contribution in [0.1, 0.15) is 11.1 Å². The Balaban J connectivity index is 3.38. The highest BCUT2D eigenvalue weighted by Gasteiger charge is 2.16. The van der Waals surface area contributed by atoms with Gasteiger partial charge in [0.15, 0.2) is 0 Å². The van der Waals surface area contributed by atoms with Crippen LogP contribution >= 0.6 is 0 Å². The number of carbonyl (C=O) groups is 1. The molecule has 1 rings (SSSR count). The molecule has 0 amide bonds. The number of nitrogens with zero attached hydrogens (tertiary/aromatic N) is 2. The summed E-state index contributed by atoms with van der Waals surface area (Å²) in [4.78, 5) is 12.9. The minimum Gasteiger partial charge on any atom is -0.496 e. The van der Waals surface area contributed by atoms with Gasteiger partial charge < -0.3 is 14.7 Å². The Morgan fingerprint density at radius 2 is 2.17 bits per heavy atom. The van der Waals surface area contributed by atoms with Gasteiger partial charge in [-0.15, -0.1) is 0 Å². The molecule has 1 aromatic rings. The monoisotopic (exact) mass is 246 g/mol. The summed E-state index contributed by atoms with van der Waals surface area (Å²) < 4.78 is 5.13. The number of aliphatic carboxylic acids is 1. The lowest BCUT2D eigenvalue weighted by Crippen LogP contribution is -2.09. The number of rotatable bonds is 4. The predicted octanol–water partition coefficient (Wildman–Crippen LogP) is 1.55. The molecular formula is C13H14N2O3. The summed E-state index contributed by atoms with van der Waals surface area (Å²) >= 11 is 0. The first-order valence-electron chi connectivity index (χ1n) is 5.19. The van der Waals surface area contributed by atoms with Gasteiger partial charge in [0.05, 0.1) is 24.3 Å². The second kappa shape index (κ2) is 5.73. The Labute approximate surface area is 106 Å². The molecule has 0 heterocycles. The number of methoxy groups -OCH3 is 1. The molecule has 0 radical (unpaired) electrons. The summed E-state index contributed by atoms with van der Waals surface area (Å²) in [5, 5.41) is 18.0. The van der Waals surface area contributed by atoms with Gasteiger partial charge in [-0.1, -0.05) is 0 Å². The Bertz CT molecular complexity index is 528.